The highest BCUT2D eigenvalue weighted by Crippen LogP contribution is 2.29. The molecule has 2 atom stereocenters. The lowest BCUT2D eigenvalue weighted by Crippen LogP contribution is -2.39. The summed E-state index contributed by atoms with van der Waals surface area (Å²) in [6.45, 7) is 5.70. The Balaban J connectivity index is 2.12. The van der Waals surface area contributed by atoms with Gasteiger partial charge < -0.3 is 19.5 Å². The normalized spacial score (nSPS) is 12.8. The first-order valence-electron chi connectivity index (χ1n) is 8.84. The highest BCUT2D eigenvalue weighted by atomic mass is 35.5. The van der Waals surface area contributed by atoms with Crippen molar-refractivity contribution in [2.45, 2.75) is 39.3 Å². The summed E-state index contributed by atoms with van der Waals surface area (Å²) in [5.41, 5.74) is 1.74. The van der Waals surface area contributed by atoms with Crippen LogP contribution in [0.3, 0.4) is 0 Å². The highest BCUT2D eigenvalue weighted by Gasteiger charge is 2.22. The number of halogens is 1. The Morgan fingerprint density at radius 2 is 1.81 bits per heavy atom. The van der Waals surface area contributed by atoms with Gasteiger partial charge in [-0.2, -0.15) is 0 Å². The van der Waals surface area contributed by atoms with E-state index in [1.807, 2.05) is 45.0 Å². The maximum Gasteiger partial charge on any atom is 0.261 e. The van der Waals surface area contributed by atoms with E-state index in [2.05, 4.69) is 5.32 Å². The Morgan fingerprint density at radius 3 is 2.41 bits per heavy atom. The van der Waals surface area contributed by atoms with Crippen LogP contribution in [0.4, 0.5) is 0 Å². The fourth-order valence-electron chi connectivity index (χ4n) is 2.74. The van der Waals surface area contributed by atoms with E-state index in [1.54, 1.807) is 26.4 Å². The van der Waals surface area contributed by atoms with Crippen molar-refractivity contribution in [3.63, 3.8) is 0 Å². The van der Waals surface area contributed by atoms with E-state index < -0.39 is 6.10 Å². The van der Waals surface area contributed by atoms with Crippen molar-refractivity contribution >= 4 is 17.5 Å². The summed E-state index contributed by atoms with van der Waals surface area (Å²) in [7, 11) is 3.20. The van der Waals surface area contributed by atoms with Crippen LogP contribution < -0.4 is 19.5 Å². The molecular formula is C21H26ClNO4. The minimum Gasteiger partial charge on any atom is -0.497 e. The van der Waals surface area contributed by atoms with Crippen molar-refractivity contribution < 1.29 is 19.0 Å². The van der Waals surface area contributed by atoms with Gasteiger partial charge in [-0.15, -0.1) is 0 Å². The van der Waals surface area contributed by atoms with Gasteiger partial charge in [-0.05, 0) is 62.2 Å². The van der Waals surface area contributed by atoms with Crippen molar-refractivity contribution in [2.24, 2.45) is 0 Å². The van der Waals surface area contributed by atoms with Gasteiger partial charge in [0.2, 0.25) is 0 Å². The second-order valence-electron chi connectivity index (χ2n) is 6.26. The van der Waals surface area contributed by atoms with Crippen molar-refractivity contribution in [3.05, 3.63) is 52.5 Å². The largest absolute Gasteiger partial charge is 0.497 e. The quantitative estimate of drug-likeness (QED) is 0.708. The van der Waals surface area contributed by atoms with Crippen LogP contribution in [-0.4, -0.2) is 26.2 Å². The van der Waals surface area contributed by atoms with E-state index in [-0.39, 0.29) is 11.9 Å². The first kappa shape index (κ1) is 20.9. The number of rotatable bonds is 8. The Kier molecular flexibility index (Phi) is 7.36. The molecule has 0 spiro atoms. The molecule has 0 saturated heterocycles. The predicted octanol–water partition coefficient (Wildman–Crippen LogP) is 4.70. The second kappa shape index (κ2) is 9.51. The van der Waals surface area contributed by atoms with Crippen LogP contribution in [0.1, 0.15) is 37.4 Å². The number of hydrogen-bond acceptors (Lipinski definition) is 4. The smallest absolute Gasteiger partial charge is 0.261 e. The zero-order valence-electron chi connectivity index (χ0n) is 16.3. The molecule has 5 nitrogen and oxygen atoms in total. The molecule has 1 N–H and O–H groups in total. The molecule has 2 rings (SSSR count). The van der Waals surface area contributed by atoms with E-state index in [0.29, 0.717) is 28.7 Å². The summed E-state index contributed by atoms with van der Waals surface area (Å²) in [6.07, 6.45) is -0.0697. The summed E-state index contributed by atoms with van der Waals surface area (Å²) in [6, 6.07) is 10.6. The van der Waals surface area contributed by atoms with Crippen LogP contribution >= 0.6 is 11.6 Å². The Morgan fingerprint density at radius 1 is 1.11 bits per heavy atom. The van der Waals surface area contributed by atoms with E-state index in [9.17, 15) is 4.79 Å². The lowest BCUT2D eigenvalue weighted by Gasteiger charge is -2.22. The number of methoxy groups -OCH3 is 2. The average molecular weight is 392 g/mol. The molecule has 6 heteroatoms. The molecule has 2 aromatic carbocycles. The Labute approximate surface area is 165 Å². The van der Waals surface area contributed by atoms with Crippen LogP contribution in [-0.2, 0) is 4.79 Å². The van der Waals surface area contributed by atoms with Gasteiger partial charge in [-0.3, -0.25) is 4.79 Å². The number of nitrogens with one attached hydrogen (secondary N) is 1. The van der Waals surface area contributed by atoms with Gasteiger partial charge in [0.25, 0.3) is 5.91 Å². The first-order valence-corrected chi connectivity index (χ1v) is 9.22. The molecule has 1 amide bonds. The van der Waals surface area contributed by atoms with Gasteiger partial charge in [0.1, 0.15) is 17.2 Å². The van der Waals surface area contributed by atoms with Crippen LogP contribution in [0.2, 0.25) is 5.02 Å². The first-order chi connectivity index (χ1) is 12.9. The fourth-order valence-corrected chi connectivity index (χ4v) is 2.86. The highest BCUT2D eigenvalue weighted by molar-refractivity contribution is 6.31. The molecule has 0 bridgehead atoms. The molecule has 0 aromatic heterocycles. The molecular weight excluding hydrogens is 366 g/mol. The van der Waals surface area contributed by atoms with Gasteiger partial charge in [-0.1, -0.05) is 18.5 Å². The maximum atomic E-state index is 12.7. The minimum absolute atomic E-state index is 0.192. The molecule has 0 radical (unpaired) electrons. The molecule has 0 heterocycles. The van der Waals surface area contributed by atoms with Gasteiger partial charge in [0, 0.05) is 10.6 Å². The zero-order valence-corrected chi connectivity index (χ0v) is 17.1. The van der Waals surface area contributed by atoms with Crippen LogP contribution in [0.25, 0.3) is 0 Å². The Bertz CT molecular complexity index is 794. The molecule has 27 heavy (non-hydrogen) atoms. The minimum atomic E-state index is -0.607. The third-order valence-corrected chi connectivity index (χ3v) is 4.76. The van der Waals surface area contributed by atoms with Crippen LogP contribution in [0.5, 0.6) is 17.2 Å². The van der Waals surface area contributed by atoms with Crippen molar-refractivity contribution in [3.8, 4) is 17.2 Å². The molecule has 146 valence electrons. The topological polar surface area (TPSA) is 56.8 Å². The van der Waals surface area contributed by atoms with Crippen molar-refractivity contribution in [2.75, 3.05) is 14.2 Å². The predicted molar refractivity (Wildman–Crippen MR) is 107 cm³/mol. The molecule has 0 saturated carbocycles. The third-order valence-electron chi connectivity index (χ3n) is 4.33. The fraction of sp³-hybridized carbons (Fsp3) is 0.381. The zero-order chi connectivity index (χ0) is 20.0. The van der Waals surface area contributed by atoms with E-state index in [4.69, 9.17) is 25.8 Å². The lowest BCUT2D eigenvalue weighted by molar-refractivity contribution is -0.128. The molecule has 2 aromatic rings. The number of benzene rings is 2. The van der Waals surface area contributed by atoms with E-state index >= 15 is 0 Å². The number of amides is 1. The molecule has 0 aliphatic carbocycles. The third kappa shape index (κ3) is 5.30. The number of ether oxygens (including phenoxy) is 3. The average Bonchev–Trinajstić information content (AvgIpc) is 2.67. The van der Waals surface area contributed by atoms with Gasteiger partial charge in [0.05, 0.1) is 20.3 Å². The van der Waals surface area contributed by atoms with Gasteiger partial charge in [-0.25, -0.2) is 0 Å². The molecule has 0 aliphatic rings. The standard InChI is InChI=1S/C21H26ClNO4/c1-6-19(27-16-7-9-18(22)13(2)11-16)21(24)23-14(3)17-12-15(25-4)8-10-20(17)26-5/h7-12,14,19H,6H2,1-5H3,(H,23,24)/t14-,19-/m1/s1. The maximum absolute atomic E-state index is 12.7. The van der Waals surface area contributed by atoms with Crippen LogP contribution in [0.15, 0.2) is 36.4 Å². The SMILES string of the molecule is CC[C@@H](Oc1ccc(Cl)c(C)c1)C(=O)N[C@H](C)c1cc(OC)ccc1OC. The summed E-state index contributed by atoms with van der Waals surface area (Å²) in [4.78, 5) is 12.7. The van der Waals surface area contributed by atoms with Crippen molar-refractivity contribution in [1.29, 1.82) is 0 Å². The summed E-state index contributed by atoms with van der Waals surface area (Å²) < 4.78 is 16.6. The summed E-state index contributed by atoms with van der Waals surface area (Å²) in [5, 5.41) is 3.66. The van der Waals surface area contributed by atoms with E-state index in [0.717, 1.165) is 11.1 Å². The lowest BCUT2D eigenvalue weighted by atomic mass is 10.1. The van der Waals surface area contributed by atoms with E-state index in [1.165, 1.54) is 0 Å². The number of aryl methyl sites for hydroxylation is 1. The number of hydrogen-bond donors (Lipinski definition) is 1. The second-order valence-corrected chi connectivity index (χ2v) is 6.67. The summed E-state index contributed by atoms with van der Waals surface area (Å²) in [5.74, 6) is 1.81. The number of carbonyl (C=O) groups excluding carboxylic acids is 1. The van der Waals surface area contributed by atoms with Gasteiger partial charge >= 0.3 is 0 Å². The molecule has 0 aliphatic heterocycles. The van der Waals surface area contributed by atoms with Crippen molar-refractivity contribution in [1.82, 2.24) is 5.32 Å². The molecule has 0 unspecified atom stereocenters. The van der Waals surface area contributed by atoms with Gasteiger partial charge in [0.15, 0.2) is 6.10 Å². The summed E-state index contributed by atoms with van der Waals surface area (Å²) >= 11 is 6.05. The number of carbonyl (C=O) groups is 1. The van der Waals surface area contributed by atoms with Crippen LogP contribution in [0, 0.1) is 6.92 Å². The molecule has 0 fully saturated rings. The monoisotopic (exact) mass is 391 g/mol. The Hall–Kier alpha value is -2.40.